The normalized spacial score (nSPS) is 12.4. The first-order valence-corrected chi connectivity index (χ1v) is 5.38. The van der Waals surface area contributed by atoms with Crippen molar-refractivity contribution in [2.75, 3.05) is 0 Å². The summed E-state index contributed by atoms with van der Waals surface area (Å²) in [5.74, 6) is -0.994. The molecule has 0 saturated heterocycles. The van der Waals surface area contributed by atoms with Crippen molar-refractivity contribution in [3.05, 3.63) is 65.3 Å². The van der Waals surface area contributed by atoms with Gasteiger partial charge in [-0.25, -0.2) is 4.79 Å². The number of aliphatic carboxylic acids is 1. The molecular weight excluding hydrogens is 226 g/mol. The Morgan fingerprint density at radius 1 is 1.33 bits per heavy atom. The largest absolute Gasteiger partial charge is 0.478 e. The van der Waals surface area contributed by atoms with Crippen LogP contribution < -0.4 is 0 Å². The number of nitrogens with zero attached hydrogens (tertiary/aromatic N) is 1. The Hall–Kier alpha value is -2.60. The van der Waals surface area contributed by atoms with Crippen molar-refractivity contribution in [2.24, 2.45) is 0 Å². The third-order valence-corrected chi connectivity index (χ3v) is 2.22. The van der Waals surface area contributed by atoms with Crippen LogP contribution in [0.3, 0.4) is 0 Å². The van der Waals surface area contributed by atoms with Crippen molar-refractivity contribution in [1.29, 1.82) is 5.26 Å². The van der Waals surface area contributed by atoms with Crippen LogP contribution in [0.25, 0.3) is 6.08 Å². The third-order valence-electron chi connectivity index (χ3n) is 2.22. The van der Waals surface area contributed by atoms with Gasteiger partial charge in [0.25, 0.3) is 0 Å². The Morgan fingerprint density at radius 2 is 2.00 bits per heavy atom. The van der Waals surface area contributed by atoms with E-state index in [9.17, 15) is 4.79 Å². The standard InChI is InChI=1S/C15H13NO2/c1-12(15(17)18)11-14(9-10-16)8-7-13-5-3-2-4-6-13/h2-9,11H,1H3,(H,17,18). The molecule has 0 fully saturated rings. The van der Waals surface area contributed by atoms with Crippen molar-refractivity contribution in [3.63, 3.8) is 0 Å². The number of nitriles is 1. The van der Waals surface area contributed by atoms with Gasteiger partial charge in [-0.3, -0.25) is 0 Å². The van der Waals surface area contributed by atoms with Gasteiger partial charge in [0.15, 0.2) is 0 Å². The highest BCUT2D eigenvalue weighted by molar-refractivity contribution is 5.86. The third kappa shape index (κ3) is 4.50. The molecule has 18 heavy (non-hydrogen) atoms. The molecule has 0 saturated carbocycles. The molecule has 0 atom stereocenters. The second-order valence-electron chi connectivity index (χ2n) is 3.65. The molecule has 0 aliphatic rings. The Morgan fingerprint density at radius 3 is 2.56 bits per heavy atom. The number of hydrogen-bond acceptors (Lipinski definition) is 2. The summed E-state index contributed by atoms with van der Waals surface area (Å²) in [4.78, 5) is 10.7. The Labute approximate surface area is 106 Å². The number of hydrogen-bond donors (Lipinski definition) is 1. The van der Waals surface area contributed by atoms with Gasteiger partial charge in [-0.05, 0) is 24.1 Å². The molecule has 0 aromatic heterocycles. The topological polar surface area (TPSA) is 61.1 Å². The quantitative estimate of drug-likeness (QED) is 0.498. The van der Waals surface area contributed by atoms with Crippen LogP contribution in [0.5, 0.6) is 0 Å². The average molecular weight is 239 g/mol. The molecule has 1 N–H and O–H groups in total. The van der Waals surface area contributed by atoms with Crippen molar-refractivity contribution >= 4 is 12.0 Å². The van der Waals surface area contributed by atoms with E-state index < -0.39 is 5.97 Å². The number of carboxylic acid groups (broad SMARTS) is 1. The molecule has 1 aromatic rings. The van der Waals surface area contributed by atoms with Crippen molar-refractivity contribution in [1.82, 2.24) is 0 Å². The van der Waals surface area contributed by atoms with Gasteiger partial charge < -0.3 is 5.11 Å². The number of carboxylic acids is 1. The maximum atomic E-state index is 10.7. The molecule has 1 aromatic carbocycles. The maximum Gasteiger partial charge on any atom is 0.331 e. The SMILES string of the molecule is CC(=CC(C=Cc1ccccc1)=CC#N)C(=O)O. The van der Waals surface area contributed by atoms with Crippen molar-refractivity contribution in [2.45, 2.75) is 6.92 Å². The highest BCUT2D eigenvalue weighted by Gasteiger charge is 1.99. The molecule has 0 aliphatic heterocycles. The average Bonchev–Trinajstić information content (AvgIpc) is 2.37. The van der Waals surface area contributed by atoms with Crippen LogP contribution in [0, 0.1) is 11.3 Å². The summed E-state index contributed by atoms with van der Waals surface area (Å²) in [5.41, 5.74) is 1.73. The summed E-state index contributed by atoms with van der Waals surface area (Å²) >= 11 is 0. The lowest BCUT2D eigenvalue weighted by molar-refractivity contribution is -0.132. The monoisotopic (exact) mass is 239 g/mol. The van der Waals surface area contributed by atoms with Crippen LogP contribution in [0.2, 0.25) is 0 Å². The number of rotatable bonds is 4. The summed E-state index contributed by atoms with van der Waals surface area (Å²) in [6, 6.07) is 11.5. The van der Waals surface area contributed by atoms with Gasteiger partial charge >= 0.3 is 5.97 Å². The molecule has 3 heteroatoms. The molecule has 1 rings (SSSR count). The van der Waals surface area contributed by atoms with E-state index in [1.807, 2.05) is 42.5 Å². The van der Waals surface area contributed by atoms with Crippen LogP contribution in [0.15, 0.2) is 59.7 Å². The summed E-state index contributed by atoms with van der Waals surface area (Å²) in [7, 11) is 0. The fraction of sp³-hybridized carbons (Fsp3) is 0.0667. The van der Waals surface area contributed by atoms with E-state index in [1.165, 1.54) is 19.1 Å². The molecule has 3 nitrogen and oxygen atoms in total. The van der Waals surface area contributed by atoms with E-state index in [0.29, 0.717) is 5.57 Å². The maximum absolute atomic E-state index is 10.7. The van der Waals surface area contributed by atoms with Gasteiger partial charge in [0.1, 0.15) is 0 Å². The summed E-state index contributed by atoms with van der Waals surface area (Å²) in [6.45, 7) is 1.49. The predicted molar refractivity (Wildman–Crippen MR) is 70.6 cm³/mol. The van der Waals surface area contributed by atoms with E-state index in [1.54, 1.807) is 6.08 Å². The Kier molecular flexibility index (Phi) is 5.14. The van der Waals surface area contributed by atoms with Gasteiger partial charge in [0.05, 0.1) is 6.07 Å². The summed E-state index contributed by atoms with van der Waals surface area (Å²) < 4.78 is 0. The first-order chi connectivity index (χ1) is 8.63. The second kappa shape index (κ2) is 6.87. The van der Waals surface area contributed by atoms with Crippen LogP contribution in [-0.2, 0) is 4.79 Å². The Bertz CT molecular complexity index is 546. The predicted octanol–water partition coefficient (Wildman–Crippen LogP) is 3.18. The van der Waals surface area contributed by atoms with Crippen LogP contribution in [0.1, 0.15) is 12.5 Å². The number of allylic oxidation sites excluding steroid dienone is 4. The van der Waals surface area contributed by atoms with Crippen LogP contribution in [-0.4, -0.2) is 11.1 Å². The highest BCUT2D eigenvalue weighted by atomic mass is 16.4. The molecule has 0 unspecified atom stereocenters. The first-order valence-electron chi connectivity index (χ1n) is 5.38. The zero-order valence-electron chi connectivity index (χ0n) is 10.00. The number of benzene rings is 1. The fourth-order valence-electron chi connectivity index (χ4n) is 1.28. The van der Waals surface area contributed by atoms with Gasteiger partial charge in [-0.1, -0.05) is 42.5 Å². The van der Waals surface area contributed by atoms with E-state index in [0.717, 1.165) is 5.56 Å². The van der Waals surface area contributed by atoms with Crippen molar-refractivity contribution in [3.8, 4) is 6.07 Å². The smallest absolute Gasteiger partial charge is 0.331 e. The van der Waals surface area contributed by atoms with E-state index >= 15 is 0 Å². The van der Waals surface area contributed by atoms with Gasteiger partial charge in [0.2, 0.25) is 0 Å². The molecular formula is C15H13NO2. The van der Waals surface area contributed by atoms with Gasteiger partial charge in [0, 0.05) is 11.6 Å². The zero-order chi connectivity index (χ0) is 13.4. The molecule has 0 heterocycles. The molecule has 90 valence electrons. The highest BCUT2D eigenvalue weighted by Crippen LogP contribution is 2.08. The van der Waals surface area contributed by atoms with E-state index in [-0.39, 0.29) is 5.57 Å². The lowest BCUT2D eigenvalue weighted by Crippen LogP contribution is -1.96. The van der Waals surface area contributed by atoms with Crippen molar-refractivity contribution < 1.29 is 9.90 Å². The zero-order valence-corrected chi connectivity index (χ0v) is 10.00. The first kappa shape index (κ1) is 13.5. The lowest BCUT2D eigenvalue weighted by atomic mass is 10.1. The van der Waals surface area contributed by atoms with Gasteiger partial charge in [-0.2, -0.15) is 5.26 Å². The number of carbonyl (C=O) groups is 1. The molecule has 0 amide bonds. The van der Waals surface area contributed by atoms with E-state index in [2.05, 4.69) is 0 Å². The minimum Gasteiger partial charge on any atom is -0.478 e. The molecule has 0 aliphatic carbocycles. The lowest BCUT2D eigenvalue weighted by Gasteiger charge is -1.95. The second-order valence-corrected chi connectivity index (χ2v) is 3.65. The Balaban J connectivity index is 2.94. The minimum absolute atomic E-state index is 0.189. The van der Waals surface area contributed by atoms with Crippen LogP contribution in [0.4, 0.5) is 0 Å². The van der Waals surface area contributed by atoms with E-state index in [4.69, 9.17) is 10.4 Å². The minimum atomic E-state index is -0.994. The van der Waals surface area contributed by atoms with Gasteiger partial charge in [-0.15, -0.1) is 0 Å². The fourth-order valence-corrected chi connectivity index (χ4v) is 1.28. The molecule has 0 bridgehead atoms. The summed E-state index contributed by atoms with van der Waals surface area (Å²) in [5, 5.41) is 17.4. The molecule has 0 spiro atoms. The van der Waals surface area contributed by atoms with Crippen LogP contribution >= 0.6 is 0 Å². The summed E-state index contributed by atoms with van der Waals surface area (Å²) in [6.07, 6.45) is 6.32. The molecule has 0 radical (unpaired) electrons.